The van der Waals surface area contributed by atoms with Crippen molar-refractivity contribution in [2.75, 3.05) is 27.9 Å². The number of hydroxylamine groups is 2. The van der Waals surface area contributed by atoms with Crippen molar-refractivity contribution >= 4 is 24.3 Å². The van der Waals surface area contributed by atoms with Crippen LogP contribution < -0.4 is 0 Å². The summed E-state index contributed by atoms with van der Waals surface area (Å²) in [5.74, 6) is -1.73. The van der Waals surface area contributed by atoms with Crippen LogP contribution >= 0.6 is 12.4 Å². The maximum Gasteiger partial charge on any atom is 0.307 e. The zero-order chi connectivity index (χ0) is 22.2. The minimum absolute atomic E-state index is 0. The summed E-state index contributed by atoms with van der Waals surface area (Å²) in [6.07, 6.45) is 0.158. The third kappa shape index (κ3) is 14.4. The highest BCUT2D eigenvalue weighted by Crippen LogP contribution is 2.05. The number of benzene rings is 2. The van der Waals surface area contributed by atoms with Crippen molar-refractivity contribution < 1.29 is 33.1 Å². The van der Waals surface area contributed by atoms with E-state index in [2.05, 4.69) is 4.74 Å². The Bertz CT molecular complexity index is 725. The van der Waals surface area contributed by atoms with Gasteiger partial charge in [-0.3, -0.25) is 14.4 Å². The van der Waals surface area contributed by atoms with Gasteiger partial charge >= 0.3 is 5.97 Å². The first kappa shape index (κ1) is 29.6. The normalized spacial score (nSPS) is 9.13. The van der Waals surface area contributed by atoms with Crippen LogP contribution in [-0.4, -0.2) is 49.9 Å². The summed E-state index contributed by atoms with van der Waals surface area (Å²) >= 11 is 0. The number of carboxylic acids is 1. The van der Waals surface area contributed by atoms with E-state index in [0.717, 1.165) is 17.2 Å². The number of aliphatic carboxylic acids is 1. The molecular weight excluding hydrogens is 420 g/mol. The number of hydrogen-bond acceptors (Lipinski definition) is 4. The second-order valence-electron chi connectivity index (χ2n) is 5.65. The monoisotopic (exact) mass is 447 g/mol. The highest BCUT2D eigenvalue weighted by molar-refractivity contribution is 5.85. The van der Waals surface area contributed by atoms with E-state index in [1.165, 1.54) is 50.6 Å². The van der Waals surface area contributed by atoms with Crippen LogP contribution in [0.25, 0.3) is 0 Å². The number of carboxylic acid groups (broad SMARTS) is 1. The van der Waals surface area contributed by atoms with Crippen molar-refractivity contribution in [3.63, 3.8) is 0 Å². The topological polar surface area (TPSA) is 76.1 Å². The van der Waals surface area contributed by atoms with Gasteiger partial charge in [0, 0.05) is 20.8 Å². The van der Waals surface area contributed by atoms with E-state index in [0.29, 0.717) is 5.56 Å². The summed E-state index contributed by atoms with van der Waals surface area (Å²) in [7, 11) is 4.63. The Morgan fingerprint density at radius 2 is 1.27 bits per heavy atom. The molecule has 0 bridgehead atoms. The van der Waals surface area contributed by atoms with Crippen LogP contribution in [-0.2, 0) is 32.0 Å². The first-order valence-corrected chi connectivity index (χ1v) is 8.73. The summed E-state index contributed by atoms with van der Waals surface area (Å²) < 4.78 is 29.3. The number of carbonyl (C=O) groups is 2. The van der Waals surface area contributed by atoms with Crippen molar-refractivity contribution in [1.29, 1.82) is 0 Å². The van der Waals surface area contributed by atoms with E-state index < -0.39 is 5.97 Å². The van der Waals surface area contributed by atoms with Gasteiger partial charge in [0.1, 0.15) is 11.6 Å². The lowest BCUT2D eigenvalue weighted by Gasteiger charge is -2.13. The van der Waals surface area contributed by atoms with Crippen LogP contribution in [0.3, 0.4) is 0 Å². The quantitative estimate of drug-likeness (QED) is 0.679. The number of rotatable bonds is 6. The molecule has 1 amide bonds. The minimum atomic E-state index is -0.906. The number of carbonyl (C=O) groups excluding carboxylic acids is 1. The predicted molar refractivity (Wildman–Crippen MR) is 112 cm³/mol. The molecule has 0 heterocycles. The Morgan fingerprint density at radius 3 is 1.57 bits per heavy atom. The summed E-state index contributed by atoms with van der Waals surface area (Å²) in [6.45, 7) is 2.78. The molecule has 0 aliphatic carbocycles. The number of likely N-dealkylation sites (N-methyl/N-ethyl adjacent to an activating group) is 1. The van der Waals surface area contributed by atoms with Gasteiger partial charge in [0.05, 0.1) is 20.0 Å². The molecule has 0 radical (unpaired) electrons. The Hall–Kier alpha value is -2.55. The Balaban J connectivity index is 0. The van der Waals surface area contributed by atoms with E-state index in [1.807, 2.05) is 6.92 Å². The van der Waals surface area contributed by atoms with Crippen LogP contribution in [0.5, 0.6) is 0 Å². The van der Waals surface area contributed by atoms with Crippen molar-refractivity contribution in [3.8, 4) is 0 Å². The largest absolute Gasteiger partial charge is 0.481 e. The molecule has 1 N–H and O–H groups in total. The second kappa shape index (κ2) is 17.3. The standard InChI is InChI=1S/C10H12FNO2.C8H7FO2.C3H8O.ClH/c1-12(14-2)10(13)7-8-3-5-9(11)6-4-8;9-7-3-1-6(2-4-7)5-8(10)11;1-3-4-2;/h3-6H,7H2,1-2H3;1-4H,5H2,(H,10,11);3H2,1-2H3;1H. The number of ether oxygens (including phenoxy) is 1. The molecule has 0 saturated carbocycles. The molecule has 0 fully saturated rings. The van der Waals surface area contributed by atoms with Gasteiger partial charge in [-0.05, 0) is 42.3 Å². The third-order valence-corrected chi connectivity index (χ3v) is 3.45. The van der Waals surface area contributed by atoms with Gasteiger partial charge < -0.3 is 9.84 Å². The lowest BCUT2D eigenvalue weighted by molar-refractivity contribution is -0.167. The van der Waals surface area contributed by atoms with Crippen molar-refractivity contribution in [2.45, 2.75) is 19.8 Å². The molecule has 0 unspecified atom stereocenters. The van der Waals surface area contributed by atoms with Gasteiger partial charge in [0.25, 0.3) is 0 Å². The van der Waals surface area contributed by atoms with Crippen LogP contribution in [0, 0.1) is 11.6 Å². The molecule has 2 aromatic carbocycles. The van der Waals surface area contributed by atoms with Gasteiger partial charge in [-0.25, -0.2) is 13.8 Å². The zero-order valence-electron chi connectivity index (χ0n) is 17.4. The maximum absolute atomic E-state index is 12.5. The van der Waals surface area contributed by atoms with Crippen LogP contribution in [0.4, 0.5) is 8.78 Å². The lowest BCUT2D eigenvalue weighted by atomic mass is 10.1. The number of amides is 1. The fourth-order valence-electron chi connectivity index (χ4n) is 1.77. The maximum atomic E-state index is 12.5. The molecule has 0 atom stereocenters. The SMILES string of the molecule is CCOC.CON(C)C(=O)Cc1ccc(F)cc1.Cl.O=C(O)Cc1ccc(F)cc1. The fourth-order valence-corrected chi connectivity index (χ4v) is 1.77. The van der Waals surface area contributed by atoms with Crippen LogP contribution in [0.2, 0.25) is 0 Å². The molecule has 0 aliphatic rings. The molecule has 0 aliphatic heterocycles. The third-order valence-electron chi connectivity index (χ3n) is 3.45. The van der Waals surface area contributed by atoms with E-state index in [1.54, 1.807) is 19.2 Å². The van der Waals surface area contributed by atoms with E-state index in [-0.39, 0.29) is 42.8 Å². The summed E-state index contributed by atoms with van der Waals surface area (Å²) in [4.78, 5) is 26.2. The van der Waals surface area contributed by atoms with E-state index in [9.17, 15) is 18.4 Å². The molecule has 30 heavy (non-hydrogen) atoms. The smallest absolute Gasteiger partial charge is 0.307 e. The highest BCUT2D eigenvalue weighted by Gasteiger charge is 2.08. The van der Waals surface area contributed by atoms with Gasteiger partial charge in [-0.2, -0.15) is 0 Å². The molecule has 0 aromatic heterocycles. The van der Waals surface area contributed by atoms with Gasteiger partial charge in [-0.15, -0.1) is 12.4 Å². The van der Waals surface area contributed by atoms with Crippen molar-refractivity contribution in [1.82, 2.24) is 5.06 Å². The molecule has 6 nitrogen and oxygen atoms in total. The molecule has 0 spiro atoms. The van der Waals surface area contributed by atoms with E-state index in [4.69, 9.17) is 9.94 Å². The average Bonchev–Trinajstić information content (AvgIpc) is 2.71. The lowest BCUT2D eigenvalue weighted by Crippen LogP contribution is -2.26. The van der Waals surface area contributed by atoms with Crippen LogP contribution in [0.1, 0.15) is 18.1 Å². The summed E-state index contributed by atoms with van der Waals surface area (Å²) in [6, 6.07) is 11.2. The number of methoxy groups -OCH3 is 1. The van der Waals surface area contributed by atoms with Crippen molar-refractivity contribution in [3.05, 3.63) is 71.3 Å². The Morgan fingerprint density at radius 1 is 0.900 bits per heavy atom. The second-order valence-corrected chi connectivity index (χ2v) is 5.65. The zero-order valence-corrected chi connectivity index (χ0v) is 18.2. The molecule has 168 valence electrons. The Kier molecular flexibility index (Phi) is 17.1. The number of hydrogen-bond donors (Lipinski definition) is 1. The molecule has 9 heteroatoms. The first-order valence-electron chi connectivity index (χ1n) is 8.73. The fraction of sp³-hybridized carbons (Fsp3) is 0.333. The number of halogens is 3. The molecule has 0 saturated heterocycles. The van der Waals surface area contributed by atoms with E-state index >= 15 is 0 Å². The van der Waals surface area contributed by atoms with Gasteiger partial charge in [-0.1, -0.05) is 24.3 Å². The predicted octanol–water partition coefficient (Wildman–Crippen LogP) is 3.92. The Labute approximate surface area is 181 Å². The average molecular weight is 448 g/mol. The summed E-state index contributed by atoms with van der Waals surface area (Å²) in [5, 5.41) is 9.48. The molecular formula is C21H28ClF2NO5. The van der Waals surface area contributed by atoms with Crippen molar-refractivity contribution in [2.24, 2.45) is 0 Å². The van der Waals surface area contributed by atoms with Gasteiger partial charge in [0.15, 0.2) is 0 Å². The highest BCUT2D eigenvalue weighted by atomic mass is 35.5. The number of nitrogens with zero attached hydrogens (tertiary/aromatic N) is 1. The van der Waals surface area contributed by atoms with Gasteiger partial charge in [0.2, 0.25) is 5.91 Å². The van der Waals surface area contributed by atoms with Crippen LogP contribution in [0.15, 0.2) is 48.5 Å². The minimum Gasteiger partial charge on any atom is -0.481 e. The molecule has 2 rings (SSSR count). The summed E-state index contributed by atoms with van der Waals surface area (Å²) in [5.41, 5.74) is 1.37. The first-order chi connectivity index (χ1) is 13.7. The molecule has 2 aromatic rings.